The van der Waals surface area contributed by atoms with Crippen molar-refractivity contribution in [1.29, 1.82) is 0 Å². The molecule has 0 radical (unpaired) electrons. The summed E-state index contributed by atoms with van der Waals surface area (Å²) < 4.78 is 3.15. The first-order valence-electron chi connectivity index (χ1n) is 11.5. The third-order valence-corrected chi connectivity index (χ3v) is 8.49. The Hall–Kier alpha value is -2.80. The smallest absolute Gasteiger partial charge is 0.271 e. The highest BCUT2D eigenvalue weighted by molar-refractivity contribution is 9.10. The molecule has 1 heterocycles. The van der Waals surface area contributed by atoms with Crippen LogP contribution in [0.25, 0.3) is 5.69 Å². The number of rotatable bonds is 7. The Morgan fingerprint density at radius 3 is 2.33 bits per heavy atom. The van der Waals surface area contributed by atoms with Crippen LogP contribution in [-0.4, -0.2) is 16.7 Å². The van der Waals surface area contributed by atoms with Gasteiger partial charge in [-0.25, -0.2) is 5.43 Å². The number of nitrogens with one attached hydrogen (secondary N) is 1. The monoisotopic (exact) mass is 579 g/mol. The molecule has 0 atom stereocenters. The summed E-state index contributed by atoms with van der Waals surface area (Å²) in [7, 11) is 0. The van der Waals surface area contributed by atoms with E-state index in [1.54, 1.807) is 18.0 Å². The van der Waals surface area contributed by atoms with E-state index in [1.807, 2.05) is 48.5 Å². The maximum Gasteiger partial charge on any atom is 0.271 e. The van der Waals surface area contributed by atoms with Gasteiger partial charge in [0, 0.05) is 48.3 Å². The zero-order chi connectivity index (χ0) is 25.8. The molecule has 36 heavy (non-hydrogen) atoms. The van der Waals surface area contributed by atoms with Gasteiger partial charge in [-0.3, -0.25) is 4.79 Å². The van der Waals surface area contributed by atoms with Gasteiger partial charge < -0.3 is 4.57 Å². The minimum Gasteiger partial charge on any atom is -0.317 e. The van der Waals surface area contributed by atoms with Crippen molar-refractivity contribution in [2.45, 2.75) is 38.3 Å². The van der Waals surface area contributed by atoms with Crippen LogP contribution in [0, 0.1) is 27.7 Å². The lowest BCUT2D eigenvalue weighted by Gasteiger charge is -2.11. The fourth-order valence-electron chi connectivity index (χ4n) is 3.90. The molecule has 4 aromatic rings. The Bertz CT molecular complexity index is 1430. The maximum atomic E-state index is 12.6. The van der Waals surface area contributed by atoms with Gasteiger partial charge >= 0.3 is 0 Å². The first-order chi connectivity index (χ1) is 17.2. The second-order valence-corrected chi connectivity index (χ2v) is 10.9. The van der Waals surface area contributed by atoms with Gasteiger partial charge in [0.1, 0.15) is 0 Å². The van der Waals surface area contributed by atoms with Crippen LogP contribution in [-0.2, 0) is 5.75 Å². The molecule has 0 bridgehead atoms. The molecule has 1 amide bonds. The number of hydrazone groups is 1. The van der Waals surface area contributed by atoms with Crippen LogP contribution in [0.15, 0.2) is 81.2 Å². The van der Waals surface area contributed by atoms with E-state index >= 15 is 0 Å². The van der Waals surface area contributed by atoms with Gasteiger partial charge in [-0.05, 0) is 109 Å². The van der Waals surface area contributed by atoms with Crippen molar-refractivity contribution < 1.29 is 4.79 Å². The molecule has 0 saturated heterocycles. The van der Waals surface area contributed by atoms with Crippen LogP contribution < -0.4 is 5.43 Å². The molecule has 4 nitrogen and oxygen atoms in total. The first kappa shape index (κ1) is 26.3. The Labute approximate surface area is 229 Å². The normalized spacial score (nSPS) is 11.3. The van der Waals surface area contributed by atoms with Gasteiger partial charge in [-0.1, -0.05) is 29.8 Å². The van der Waals surface area contributed by atoms with E-state index in [0.29, 0.717) is 5.56 Å². The van der Waals surface area contributed by atoms with Crippen molar-refractivity contribution in [2.75, 3.05) is 0 Å². The summed E-state index contributed by atoms with van der Waals surface area (Å²) in [5, 5.41) is 4.97. The molecule has 0 saturated carbocycles. The Balaban J connectivity index is 1.41. The predicted octanol–water partition coefficient (Wildman–Crippen LogP) is 8.18. The summed E-state index contributed by atoms with van der Waals surface area (Å²) in [6.07, 6.45) is 1.69. The number of halogens is 2. The topological polar surface area (TPSA) is 46.4 Å². The Morgan fingerprint density at radius 1 is 0.972 bits per heavy atom. The van der Waals surface area contributed by atoms with E-state index in [-0.39, 0.29) is 5.91 Å². The molecular formula is C29H27BrClN3OS. The number of amides is 1. The van der Waals surface area contributed by atoms with Crippen molar-refractivity contribution in [1.82, 2.24) is 9.99 Å². The van der Waals surface area contributed by atoms with Crippen LogP contribution in [0.3, 0.4) is 0 Å². The summed E-state index contributed by atoms with van der Waals surface area (Å²) in [5.74, 6) is 0.563. The lowest BCUT2D eigenvalue weighted by atomic mass is 10.1. The first-order valence-corrected chi connectivity index (χ1v) is 13.7. The van der Waals surface area contributed by atoms with Crippen molar-refractivity contribution in [3.8, 4) is 5.69 Å². The molecule has 0 aliphatic heterocycles. The minimum atomic E-state index is -0.248. The number of hydrogen-bond donors (Lipinski definition) is 1. The standard InChI is InChI=1S/C29H27BrClN3OS/c1-18-5-12-25(15-19(18)2)34-20(3)27(28(30)21(34)4)16-32-33-29(35)23-8-6-22(7-9-23)17-36-26-13-10-24(31)11-14-26/h5-16H,17H2,1-4H3,(H,33,35)/b32-16-. The van der Waals surface area contributed by atoms with E-state index in [1.165, 1.54) is 11.1 Å². The van der Waals surface area contributed by atoms with Crippen molar-refractivity contribution in [2.24, 2.45) is 5.10 Å². The van der Waals surface area contributed by atoms with Crippen LogP contribution in [0.4, 0.5) is 0 Å². The van der Waals surface area contributed by atoms with E-state index in [0.717, 1.165) is 48.3 Å². The number of aromatic nitrogens is 1. The number of carbonyl (C=O) groups excluding carboxylic acids is 1. The van der Waals surface area contributed by atoms with Crippen LogP contribution >= 0.6 is 39.3 Å². The molecule has 7 heteroatoms. The number of nitrogens with zero attached hydrogens (tertiary/aromatic N) is 2. The highest BCUT2D eigenvalue weighted by Crippen LogP contribution is 2.30. The maximum absolute atomic E-state index is 12.6. The summed E-state index contributed by atoms with van der Waals surface area (Å²) in [4.78, 5) is 13.8. The summed E-state index contributed by atoms with van der Waals surface area (Å²) in [6, 6.07) is 21.8. The van der Waals surface area contributed by atoms with E-state index in [2.05, 4.69) is 76.9 Å². The largest absolute Gasteiger partial charge is 0.317 e. The molecule has 0 aliphatic carbocycles. The van der Waals surface area contributed by atoms with Crippen molar-refractivity contribution >= 4 is 51.4 Å². The number of benzene rings is 3. The Kier molecular flexibility index (Phi) is 8.39. The fourth-order valence-corrected chi connectivity index (χ4v) is 5.44. The lowest BCUT2D eigenvalue weighted by molar-refractivity contribution is 0.0955. The van der Waals surface area contributed by atoms with Crippen LogP contribution in [0.5, 0.6) is 0 Å². The second-order valence-electron chi connectivity index (χ2n) is 8.64. The third-order valence-electron chi connectivity index (χ3n) is 6.16. The molecule has 0 unspecified atom stereocenters. The number of thioether (sulfide) groups is 1. The van der Waals surface area contributed by atoms with Gasteiger partial charge in [0.05, 0.1) is 6.21 Å². The summed E-state index contributed by atoms with van der Waals surface area (Å²) >= 11 is 11.4. The quantitative estimate of drug-likeness (QED) is 0.136. The number of hydrogen-bond acceptors (Lipinski definition) is 3. The average molecular weight is 581 g/mol. The molecule has 4 rings (SSSR count). The summed E-state index contributed by atoms with van der Waals surface area (Å²) in [5.41, 5.74) is 11.0. The second kappa shape index (κ2) is 11.5. The van der Waals surface area contributed by atoms with E-state index in [9.17, 15) is 4.79 Å². The molecule has 3 aromatic carbocycles. The molecule has 0 spiro atoms. The van der Waals surface area contributed by atoms with Crippen molar-refractivity contribution in [3.05, 3.63) is 115 Å². The van der Waals surface area contributed by atoms with Crippen molar-refractivity contribution in [3.63, 3.8) is 0 Å². The third kappa shape index (κ3) is 5.94. The highest BCUT2D eigenvalue weighted by atomic mass is 79.9. The Morgan fingerprint density at radius 2 is 1.67 bits per heavy atom. The SMILES string of the molecule is Cc1ccc(-n2c(C)c(Br)c(/C=N\NC(=O)c3ccc(CSc4ccc(Cl)cc4)cc3)c2C)cc1C. The van der Waals surface area contributed by atoms with Gasteiger partial charge in [0.25, 0.3) is 5.91 Å². The molecule has 0 fully saturated rings. The molecular weight excluding hydrogens is 554 g/mol. The number of carbonyl (C=O) groups is 1. The van der Waals surface area contributed by atoms with Gasteiger partial charge in [0.2, 0.25) is 0 Å². The van der Waals surface area contributed by atoms with Gasteiger partial charge in [0.15, 0.2) is 0 Å². The van der Waals surface area contributed by atoms with Crippen LogP contribution in [0.1, 0.15) is 44.0 Å². The minimum absolute atomic E-state index is 0.248. The fraction of sp³-hybridized carbons (Fsp3) is 0.172. The van der Waals surface area contributed by atoms with Crippen LogP contribution in [0.2, 0.25) is 5.02 Å². The molecule has 1 aromatic heterocycles. The predicted molar refractivity (Wildman–Crippen MR) is 155 cm³/mol. The highest BCUT2D eigenvalue weighted by Gasteiger charge is 2.16. The zero-order valence-corrected chi connectivity index (χ0v) is 23.8. The van der Waals surface area contributed by atoms with Gasteiger partial charge in [-0.2, -0.15) is 5.10 Å². The molecule has 184 valence electrons. The summed E-state index contributed by atoms with van der Waals surface area (Å²) in [6.45, 7) is 8.34. The molecule has 1 N–H and O–H groups in total. The average Bonchev–Trinajstić information content (AvgIpc) is 3.08. The van der Waals surface area contributed by atoms with Gasteiger partial charge in [-0.15, -0.1) is 11.8 Å². The lowest BCUT2D eigenvalue weighted by Crippen LogP contribution is -2.17. The molecule has 0 aliphatic rings. The van der Waals surface area contributed by atoms with E-state index in [4.69, 9.17) is 11.6 Å². The number of aryl methyl sites for hydroxylation is 2. The van der Waals surface area contributed by atoms with E-state index < -0.39 is 0 Å². The zero-order valence-electron chi connectivity index (χ0n) is 20.6.